The summed E-state index contributed by atoms with van der Waals surface area (Å²) in [6.07, 6.45) is 5.63. The number of nitrogens with zero attached hydrogens (tertiary/aromatic N) is 2. The minimum atomic E-state index is -0.443. The van der Waals surface area contributed by atoms with E-state index in [-0.39, 0.29) is 17.9 Å². The molecule has 0 aliphatic carbocycles. The second-order valence-corrected chi connectivity index (χ2v) is 8.74. The molecular formula is C28H27N3O3. The number of rotatable bonds is 6. The smallest absolute Gasteiger partial charge is 0.311 e. The molecule has 0 saturated carbocycles. The average Bonchev–Trinajstić information content (AvgIpc) is 3.54. The number of aromatic nitrogens is 2. The summed E-state index contributed by atoms with van der Waals surface area (Å²) in [6, 6.07) is 21.5. The van der Waals surface area contributed by atoms with Crippen LogP contribution in [0.1, 0.15) is 28.9 Å². The average molecular weight is 454 g/mol. The summed E-state index contributed by atoms with van der Waals surface area (Å²) < 4.78 is 5.17. The molecule has 1 N–H and O–H groups in total. The van der Waals surface area contributed by atoms with Crippen LogP contribution in [-0.2, 0) is 16.0 Å². The number of pyridine rings is 1. The van der Waals surface area contributed by atoms with E-state index in [0.29, 0.717) is 18.5 Å². The van der Waals surface area contributed by atoms with Crippen molar-refractivity contribution in [2.24, 2.45) is 5.92 Å². The number of carbonyl (C=O) groups excluding carboxylic acids is 2. The third kappa shape index (κ3) is 4.31. The summed E-state index contributed by atoms with van der Waals surface area (Å²) in [5.74, 6) is -0.779. The van der Waals surface area contributed by atoms with Gasteiger partial charge in [0.05, 0.1) is 24.7 Å². The van der Waals surface area contributed by atoms with Gasteiger partial charge in [-0.3, -0.25) is 14.6 Å². The van der Waals surface area contributed by atoms with Crippen LogP contribution in [0.3, 0.4) is 0 Å². The molecule has 2 aromatic heterocycles. The minimum absolute atomic E-state index is 0.0446. The molecule has 1 saturated heterocycles. The number of methoxy groups -OCH3 is 1. The van der Waals surface area contributed by atoms with Gasteiger partial charge in [-0.2, -0.15) is 0 Å². The number of aromatic amines is 1. The third-order valence-electron chi connectivity index (χ3n) is 6.69. The number of amides is 1. The van der Waals surface area contributed by atoms with Crippen molar-refractivity contribution in [3.05, 3.63) is 90.4 Å². The van der Waals surface area contributed by atoms with Crippen molar-refractivity contribution in [3.8, 4) is 11.1 Å². The van der Waals surface area contributed by atoms with Gasteiger partial charge in [0.2, 0.25) is 0 Å². The maximum atomic E-state index is 13.5. The molecule has 4 aromatic rings. The summed E-state index contributed by atoms with van der Waals surface area (Å²) in [5, 5.41) is 1.05. The zero-order valence-corrected chi connectivity index (χ0v) is 19.1. The largest absolute Gasteiger partial charge is 0.469 e. The van der Waals surface area contributed by atoms with Crippen LogP contribution in [0, 0.1) is 5.92 Å². The van der Waals surface area contributed by atoms with Crippen LogP contribution in [0.4, 0.5) is 0 Å². The molecule has 2 unspecified atom stereocenters. The van der Waals surface area contributed by atoms with E-state index in [4.69, 9.17) is 4.74 Å². The van der Waals surface area contributed by atoms with Gasteiger partial charge in [0.25, 0.3) is 5.91 Å². The monoisotopic (exact) mass is 453 g/mol. The van der Waals surface area contributed by atoms with Gasteiger partial charge in [0.1, 0.15) is 0 Å². The van der Waals surface area contributed by atoms with E-state index in [2.05, 4.69) is 9.97 Å². The number of esters is 1. The first-order valence-corrected chi connectivity index (χ1v) is 11.6. The Bertz CT molecular complexity index is 1260. The summed E-state index contributed by atoms with van der Waals surface area (Å²) in [5.41, 5.74) is 4.67. The molecule has 172 valence electrons. The number of H-pyrrole nitrogens is 1. The van der Waals surface area contributed by atoms with Crippen LogP contribution in [0.15, 0.2) is 79.1 Å². The standard InChI is InChI=1S/C28H27N3O3/c1-34-28(33)24(17-23-16-22-13-14-29-18-25(22)30-23)26-8-5-15-31(26)27(32)21-11-9-20(10-12-21)19-6-3-2-4-7-19/h2-4,6-7,9-14,16,18,24,26,30H,5,8,15,17H2,1H3. The number of fused-ring (bicyclic) bond motifs is 1. The fraction of sp³-hybridized carbons (Fsp3) is 0.250. The lowest BCUT2D eigenvalue weighted by Gasteiger charge is -2.30. The third-order valence-corrected chi connectivity index (χ3v) is 6.69. The first kappa shape index (κ1) is 21.9. The Hall–Kier alpha value is -3.93. The van der Waals surface area contributed by atoms with Gasteiger partial charge in [0.15, 0.2) is 0 Å². The number of ether oxygens (including phenoxy) is 1. The zero-order chi connectivity index (χ0) is 23.5. The van der Waals surface area contributed by atoms with Crippen molar-refractivity contribution in [2.45, 2.75) is 25.3 Å². The van der Waals surface area contributed by atoms with Crippen LogP contribution in [-0.4, -0.2) is 46.4 Å². The zero-order valence-electron chi connectivity index (χ0n) is 19.1. The van der Waals surface area contributed by atoms with Gasteiger partial charge in [-0.1, -0.05) is 42.5 Å². The number of hydrogen-bond donors (Lipinski definition) is 1. The first-order chi connectivity index (χ1) is 16.6. The van der Waals surface area contributed by atoms with E-state index >= 15 is 0 Å². The molecule has 0 spiro atoms. The van der Waals surface area contributed by atoms with Crippen LogP contribution in [0.2, 0.25) is 0 Å². The molecule has 6 nitrogen and oxygen atoms in total. The van der Waals surface area contributed by atoms with Crippen molar-refractivity contribution in [3.63, 3.8) is 0 Å². The highest BCUT2D eigenvalue weighted by atomic mass is 16.5. The van der Waals surface area contributed by atoms with Gasteiger partial charge in [-0.05, 0) is 48.2 Å². The lowest BCUT2D eigenvalue weighted by molar-refractivity contribution is -0.147. The quantitative estimate of drug-likeness (QED) is 0.423. The van der Waals surface area contributed by atoms with Gasteiger partial charge in [-0.25, -0.2) is 0 Å². The van der Waals surface area contributed by atoms with E-state index in [1.54, 1.807) is 12.4 Å². The van der Waals surface area contributed by atoms with Crippen LogP contribution < -0.4 is 0 Å². The maximum absolute atomic E-state index is 13.5. The molecule has 6 heteroatoms. The lowest BCUT2D eigenvalue weighted by atomic mass is 9.92. The second-order valence-electron chi connectivity index (χ2n) is 8.74. The van der Waals surface area contributed by atoms with E-state index < -0.39 is 5.92 Å². The molecule has 3 heterocycles. The molecule has 2 atom stereocenters. The molecule has 2 aromatic carbocycles. The molecule has 1 aliphatic heterocycles. The van der Waals surface area contributed by atoms with Crippen LogP contribution in [0.5, 0.6) is 0 Å². The molecule has 1 fully saturated rings. The van der Waals surface area contributed by atoms with Crippen molar-refractivity contribution in [1.29, 1.82) is 0 Å². The molecular weight excluding hydrogens is 426 g/mol. The Kier molecular flexibility index (Phi) is 6.12. The first-order valence-electron chi connectivity index (χ1n) is 11.6. The summed E-state index contributed by atoms with van der Waals surface area (Å²) >= 11 is 0. The number of likely N-dealkylation sites (tertiary alicyclic amines) is 1. The summed E-state index contributed by atoms with van der Waals surface area (Å²) in [7, 11) is 1.41. The van der Waals surface area contributed by atoms with Crippen LogP contribution >= 0.6 is 0 Å². The predicted molar refractivity (Wildman–Crippen MR) is 131 cm³/mol. The Labute approximate surface area is 198 Å². The molecule has 1 aliphatic rings. The normalized spacial score (nSPS) is 16.5. The number of hydrogen-bond acceptors (Lipinski definition) is 4. The van der Waals surface area contributed by atoms with E-state index in [9.17, 15) is 9.59 Å². The Balaban J connectivity index is 1.37. The molecule has 1 amide bonds. The Morgan fingerprint density at radius 1 is 1.09 bits per heavy atom. The van der Waals surface area contributed by atoms with Gasteiger partial charge < -0.3 is 14.6 Å². The number of nitrogens with one attached hydrogen (secondary N) is 1. The number of carbonyl (C=O) groups is 2. The molecule has 0 bridgehead atoms. The molecule has 34 heavy (non-hydrogen) atoms. The van der Waals surface area contributed by atoms with Crippen LogP contribution in [0.25, 0.3) is 22.0 Å². The van der Waals surface area contributed by atoms with Gasteiger partial charge >= 0.3 is 5.97 Å². The van der Waals surface area contributed by atoms with Crippen molar-refractivity contribution < 1.29 is 14.3 Å². The highest BCUT2D eigenvalue weighted by molar-refractivity contribution is 5.95. The van der Waals surface area contributed by atoms with Crippen molar-refractivity contribution in [1.82, 2.24) is 14.9 Å². The predicted octanol–water partition coefficient (Wildman–Crippen LogP) is 4.87. The van der Waals surface area contributed by atoms with Crippen molar-refractivity contribution in [2.75, 3.05) is 13.7 Å². The fourth-order valence-electron chi connectivity index (χ4n) is 4.97. The molecule has 5 rings (SSSR count). The van der Waals surface area contributed by atoms with E-state index in [1.165, 1.54) is 7.11 Å². The highest BCUT2D eigenvalue weighted by Gasteiger charge is 2.39. The fourth-order valence-corrected chi connectivity index (χ4v) is 4.97. The number of benzene rings is 2. The van der Waals surface area contributed by atoms with E-state index in [1.807, 2.05) is 71.6 Å². The van der Waals surface area contributed by atoms with Gasteiger partial charge in [0, 0.05) is 41.8 Å². The maximum Gasteiger partial charge on any atom is 0.311 e. The molecule has 0 radical (unpaired) electrons. The Morgan fingerprint density at radius 2 is 1.85 bits per heavy atom. The lowest BCUT2D eigenvalue weighted by Crippen LogP contribution is -2.44. The van der Waals surface area contributed by atoms with Crippen molar-refractivity contribution >= 4 is 22.8 Å². The van der Waals surface area contributed by atoms with E-state index in [0.717, 1.165) is 40.6 Å². The van der Waals surface area contributed by atoms with Gasteiger partial charge in [-0.15, -0.1) is 0 Å². The highest BCUT2D eigenvalue weighted by Crippen LogP contribution is 2.30. The Morgan fingerprint density at radius 3 is 2.59 bits per heavy atom. The SMILES string of the molecule is COC(=O)C(Cc1cc2ccncc2[nH]1)C1CCCN1C(=O)c1ccc(-c2ccccc2)cc1. The topological polar surface area (TPSA) is 75.3 Å². The summed E-state index contributed by atoms with van der Waals surface area (Å²) in [4.78, 5) is 35.7. The summed E-state index contributed by atoms with van der Waals surface area (Å²) in [6.45, 7) is 0.633. The second kappa shape index (κ2) is 9.51. The minimum Gasteiger partial charge on any atom is -0.469 e.